The molecule has 1 aromatic rings. The van der Waals surface area contributed by atoms with Crippen LogP contribution in [0.25, 0.3) is 6.08 Å². The van der Waals surface area contributed by atoms with Crippen LogP contribution < -0.4 is 4.90 Å². The topological polar surface area (TPSA) is 60.9 Å². The molecule has 6 nitrogen and oxygen atoms in total. The molecule has 2 aliphatic rings. The molecule has 2 heterocycles. The summed E-state index contributed by atoms with van der Waals surface area (Å²) in [6.45, 7) is 1.26. The van der Waals surface area contributed by atoms with Gasteiger partial charge in [0.25, 0.3) is 11.1 Å². The standard InChI is InChI=1S/C19H23N3O3S/c1-20(2)15-8-6-14(7-9-15)12-16-18(24)22(19(25)26-16)13-17(23)21-10-4-3-5-11-21/h6-9,12H,3-5,10-11,13H2,1-2H3/b16-12-. The minimum atomic E-state index is -0.387. The number of imide groups is 1. The molecular weight excluding hydrogens is 350 g/mol. The summed E-state index contributed by atoms with van der Waals surface area (Å²) in [5.41, 5.74) is 1.91. The van der Waals surface area contributed by atoms with Gasteiger partial charge in [-0.2, -0.15) is 0 Å². The number of carbonyl (C=O) groups is 3. The maximum atomic E-state index is 12.6. The molecule has 3 rings (SSSR count). The summed E-state index contributed by atoms with van der Waals surface area (Å²) in [6, 6.07) is 7.72. The lowest BCUT2D eigenvalue weighted by Gasteiger charge is -2.27. The molecule has 0 N–H and O–H groups in total. The predicted octanol–water partition coefficient (Wildman–Crippen LogP) is 2.80. The first-order valence-corrected chi connectivity index (χ1v) is 9.58. The van der Waals surface area contributed by atoms with Crippen LogP contribution in [0.4, 0.5) is 10.5 Å². The fraction of sp³-hybridized carbons (Fsp3) is 0.421. The van der Waals surface area contributed by atoms with Gasteiger partial charge in [-0.25, -0.2) is 0 Å². The Balaban J connectivity index is 1.68. The Morgan fingerprint density at radius 2 is 1.77 bits per heavy atom. The number of anilines is 1. The van der Waals surface area contributed by atoms with Crippen LogP contribution in [-0.4, -0.2) is 60.6 Å². The van der Waals surface area contributed by atoms with E-state index in [1.807, 2.05) is 43.3 Å². The van der Waals surface area contributed by atoms with Crippen molar-refractivity contribution in [2.75, 3.05) is 38.6 Å². The second kappa shape index (κ2) is 7.95. The van der Waals surface area contributed by atoms with E-state index >= 15 is 0 Å². The zero-order valence-corrected chi connectivity index (χ0v) is 15.9. The first-order valence-electron chi connectivity index (χ1n) is 8.76. The number of nitrogens with zero attached hydrogens (tertiary/aromatic N) is 3. The van der Waals surface area contributed by atoms with Gasteiger partial charge in [-0.1, -0.05) is 12.1 Å². The van der Waals surface area contributed by atoms with E-state index in [4.69, 9.17) is 0 Å². The molecule has 2 saturated heterocycles. The monoisotopic (exact) mass is 373 g/mol. The van der Waals surface area contributed by atoms with E-state index in [1.54, 1.807) is 11.0 Å². The average molecular weight is 373 g/mol. The molecule has 1 aromatic carbocycles. The molecule has 0 saturated carbocycles. The molecule has 0 radical (unpaired) electrons. The zero-order chi connectivity index (χ0) is 18.7. The van der Waals surface area contributed by atoms with Gasteiger partial charge >= 0.3 is 0 Å². The number of amides is 3. The molecule has 0 aliphatic carbocycles. The van der Waals surface area contributed by atoms with Gasteiger partial charge in [0.15, 0.2) is 0 Å². The van der Waals surface area contributed by atoms with Crippen LogP contribution in [0.15, 0.2) is 29.2 Å². The highest BCUT2D eigenvalue weighted by Crippen LogP contribution is 2.32. The SMILES string of the molecule is CN(C)c1ccc(/C=C2\SC(=O)N(CC(=O)N3CCCCC3)C2=O)cc1. The molecule has 0 unspecified atom stereocenters. The van der Waals surface area contributed by atoms with Crippen molar-refractivity contribution in [2.24, 2.45) is 0 Å². The number of hydrogen-bond acceptors (Lipinski definition) is 5. The van der Waals surface area contributed by atoms with Gasteiger partial charge in [0.05, 0.1) is 4.91 Å². The molecule has 0 bridgehead atoms. The third-order valence-corrected chi connectivity index (χ3v) is 5.49. The summed E-state index contributed by atoms with van der Waals surface area (Å²) in [5.74, 6) is -0.536. The zero-order valence-electron chi connectivity index (χ0n) is 15.1. The molecule has 0 atom stereocenters. The largest absolute Gasteiger partial charge is 0.378 e. The third kappa shape index (κ3) is 4.09. The maximum Gasteiger partial charge on any atom is 0.294 e. The van der Waals surface area contributed by atoms with Crippen molar-refractivity contribution in [1.29, 1.82) is 0 Å². The number of carbonyl (C=O) groups excluding carboxylic acids is 3. The summed E-state index contributed by atoms with van der Waals surface area (Å²) >= 11 is 0.893. The van der Waals surface area contributed by atoms with Crippen LogP contribution in [-0.2, 0) is 9.59 Å². The Labute approximate surface area is 157 Å². The predicted molar refractivity (Wildman–Crippen MR) is 104 cm³/mol. The number of hydrogen-bond donors (Lipinski definition) is 0. The maximum absolute atomic E-state index is 12.6. The summed E-state index contributed by atoms with van der Waals surface area (Å²) < 4.78 is 0. The number of thioether (sulfide) groups is 1. The second-order valence-corrected chi connectivity index (χ2v) is 7.69. The van der Waals surface area contributed by atoms with Gasteiger partial charge in [0, 0.05) is 32.9 Å². The van der Waals surface area contributed by atoms with E-state index in [1.165, 1.54) is 0 Å². The number of benzene rings is 1. The van der Waals surface area contributed by atoms with Gasteiger partial charge in [-0.3, -0.25) is 19.3 Å². The van der Waals surface area contributed by atoms with Crippen molar-refractivity contribution in [3.05, 3.63) is 34.7 Å². The highest BCUT2D eigenvalue weighted by molar-refractivity contribution is 8.18. The van der Waals surface area contributed by atoms with Crippen LogP contribution in [0.5, 0.6) is 0 Å². The summed E-state index contributed by atoms with van der Waals surface area (Å²) in [6.07, 6.45) is 4.80. The lowest BCUT2D eigenvalue weighted by molar-refractivity contribution is -0.136. The van der Waals surface area contributed by atoms with Crippen molar-refractivity contribution >= 4 is 40.6 Å². The van der Waals surface area contributed by atoms with Crippen LogP contribution in [0.2, 0.25) is 0 Å². The Kier molecular flexibility index (Phi) is 5.66. The first kappa shape index (κ1) is 18.5. The van der Waals surface area contributed by atoms with E-state index in [9.17, 15) is 14.4 Å². The third-order valence-electron chi connectivity index (χ3n) is 4.58. The van der Waals surface area contributed by atoms with Gasteiger partial charge in [-0.05, 0) is 54.8 Å². The van der Waals surface area contributed by atoms with E-state index in [2.05, 4.69) is 0 Å². The lowest BCUT2D eigenvalue weighted by Crippen LogP contribution is -2.44. The van der Waals surface area contributed by atoms with Crippen molar-refractivity contribution in [1.82, 2.24) is 9.80 Å². The highest BCUT2D eigenvalue weighted by Gasteiger charge is 2.37. The van der Waals surface area contributed by atoms with Gasteiger partial charge in [0.2, 0.25) is 5.91 Å². The Morgan fingerprint density at radius 1 is 1.12 bits per heavy atom. The average Bonchev–Trinajstić information content (AvgIpc) is 2.90. The molecule has 138 valence electrons. The van der Waals surface area contributed by atoms with Crippen molar-refractivity contribution in [3.63, 3.8) is 0 Å². The number of likely N-dealkylation sites (tertiary alicyclic amines) is 1. The Morgan fingerprint density at radius 3 is 2.38 bits per heavy atom. The molecule has 0 spiro atoms. The number of rotatable bonds is 4. The van der Waals surface area contributed by atoms with Crippen LogP contribution in [0.3, 0.4) is 0 Å². The minimum Gasteiger partial charge on any atom is -0.378 e. The fourth-order valence-electron chi connectivity index (χ4n) is 3.03. The lowest BCUT2D eigenvalue weighted by atomic mass is 10.1. The van der Waals surface area contributed by atoms with E-state index in [-0.39, 0.29) is 23.6 Å². The summed E-state index contributed by atoms with van der Waals surface area (Å²) in [7, 11) is 3.92. The first-order chi connectivity index (χ1) is 12.5. The molecule has 2 fully saturated rings. The van der Waals surface area contributed by atoms with E-state index in [0.717, 1.165) is 47.2 Å². The normalized spacial score (nSPS) is 19.4. The van der Waals surface area contributed by atoms with E-state index < -0.39 is 0 Å². The van der Waals surface area contributed by atoms with Crippen LogP contribution in [0.1, 0.15) is 24.8 Å². The molecule has 2 aliphatic heterocycles. The second-order valence-electron chi connectivity index (χ2n) is 6.70. The fourth-order valence-corrected chi connectivity index (χ4v) is 3.87. The van der Waals surface area contributed by atoms with E-state index in [0.29, 0.717) is 18.0 Å². The molecule has 0 aromatic heterocycles. The number of piperidine rings is 1. The summed E-state index contributed by atoms with van der Waals surface area (Å²) in [4.78, 5) is 42.3. The van der Waals surface area contributed by atoms with Gasteiger partial charge < -0.3 is 9.80 Å². The quantitative estimate of drug-likeness (QED) is 0.760. The van der Waals surface area contributed by atoms with Gasteiger partial charge in [-0.15, -0.1) is 0 Å². The van der Waals surface area contributed by atoms with Crippen molar-refractivity contribution in [3.8, 4) is 0 Å². The smallest absolute Gasteiger partial charge is 0.294 e. The summed E-state index contributed by atoms with van der Waals surface area (Å²) in [5, 5.41) is -0.378. The van der Waals surface area contributed by atoms with Crippen LogP contribution in [0, 0.1) is 0 Å². The Bertz CT molecular complexity index is 737. The highest BCUT2D eigenvalue weighted by atomic mass is 32.2. The molecular formula is C19H23N3O3S. The minimum absolute atomic E-state index is 0.149. The Hall–Kier alpha value is -2.28. The van der Waals surface area contributed by atoms with Crippen LogP contribution >= 0.6 is 11.8 Å². The van der Waals surface area contributed by atoms with Gasteiger partial charge in [0.1, 0.15) is 6.54 Å². The van der Waals surface area contributed by atoms with Crippen molar-refractivity contribution in [2.45, 2.75) is 19.3 Å². The molecule has 7 heteroatoms. The van der Waals surface area contributed by atoms with Crippen molar-refractivity contribution < 1.29 is 14.4 Å². The molecule has 26 heavy (non-hydrogen) atoms. The molecule has 3 amide bonds.